The molecule has 0 radical (unpaired) electrons. The van der Waals surface area contributed by atoms with Gasteiger partial charge in [0.05, 0.1) is 17.8 Å². The molecule has 16 heavy (non-hydrogen) atoms. The summed E-state index contributed by atoms with van der Waals surface area (Å²) in [4.78, 5) is 15.1. The number of carbonyl (C=O) groups excluding carboxylic acids is 1. The molecule has 4 N–H and O–H groups in total. The summed E-state index contributed by atoms with van der Waals surface area (Å²) in [6, 6.07) is 2.44. The molecule has 1 saturated heterocycles. The fourth-order valence-corrected chi connectivity index (χ4v) is 1.37. The molecule has 0 aromatic carbocycles. The van der Waals surface area contributed by atoms with Crippen LogP contribution in [0.1, 0.15) is 0 Å². The smallest absolute Gasteiger partial charge is 0.250 e. The molecule has 5 nitrogen and oxygen atoms in total. The Morgan fingerprint density at radius 3 is 3.00 bits per heavy atom. The summed E-state index contributed by atoms with van der Waals surface area (Å²) in [5.41, 5.74) is 6.15. The van der Waals surface area contributed by atoms with Crippen molar-refractivity contribution in [3.05, 3.63) is 35.9 Å². The molecular formula is C10H11FN4O. The summed E-state index contributed by atoms with van der Waals surface area (Å²) >= 11 is 0. The Bertz CT molecular complexity index is 429. The van der Waals surface area contributed by atoms with Crippen LogP contribution in [0.4, 0.5) is 10.2 Å². The summed E-state index contributed by atoms with van der Waals surface area (Å²) < 4.78 is 12.6. The Kier molecular flexibility index (Phi) is 2.82. The maximum atomic E-state index is 12.6. The molecule has 6 heteroatoms. The molecule has 1 aromatic rings. The van der Waals surface area contributed by atoms with E-state index in [4.69, 9.17) is 5.73 Å². The molecule has 1 unspecified atom stereocenters. The van der Waals surface area contributed by atoms with Crippen molar-refractivity contribution in [1.29, 1.82) is 0 Å². The lowest BCUT2D eigenvalue weighted by atomic mass is 10.2. The molecule has 1 aliphatic rings. The molecule has 0 bridgehead atoms. The van der Waals surface area contributed by atoms with Gasteiger partial charge in [0.1, 0.15) is 11.6 Å². The minimum atomic E-state index is -0.409. The molecule has 0 spiro atoms. The lowest BCUT2D eigenvalue weighted by molar-refractivity contribution is -0.116. The van der Waals surface area contributed by atoms with Crippen LogP contribution in [0.25, 0.3) is 0 Å². The largest absolute Gasteiger partial charge is 0.350 e. The summed E-state index contributed by atoms with van der Waals surface area (Å²) in [6.07, 6.45) is 2.59. The van der Waals surface area contributed by atoms with Crippen molar-refractivity contribution in [2.75, 3.05) is 11.9 Å². The van der Waals surface area contributed by atoms with Gasteiger partial charge in [-0.1, -0.05) is 0 Å². The number of halogens is 1. The maximum absolute atomic E-state index is 12.6. The Morgan fingerprint density at radius 2 is 2.44 bits per heavy atom. The molecule has 84 valence electrons. The van der Waals surface area contributed by atoms with Crippen molar-refractivity contribution in [2.24, 2.45) is 5.73 Å². The zero-order valence-electron chi connectivity index (χ0n) is 8.40. The van der Waals surface area contributed by atoms with Gasteiger partial charge in [-0.15, -0.1) is 0 Å². The van der Waals surface area contributed by atoms with Crippen LogP contribution in [0.15, 0.2) is 30.1 Å². The third-order valence-electron chi connectivity index (χ3n) is 2.25. The monoisotopic (exact) mass is 222 g/mol. The van der Waals surface area contributed by atoms with E-state index in [9.17, 15) is 9.18 Å². The number of amides is 1. The van der Waals surface area contributed by atoms with Gasteiger partial charge in [0.2, 0.25) is 5.91 Å². The topological polar surface area (TPSA) is 80.0 Å². The number of hydrogen-bond donors (Lipinski definition) is 3. The standard InChI is InChI=1S/C10H11FN4O/c11-6-1-2-9(13-3-6)14-4-7-8(12)5-15-10(7)16/h1-4,8H,5,12H2,(H,13,14)(H,15,16)/b7-4+. The predicted octanol–water partition coefficient (Wildman–Crippen LogP) is -0.0264. The van der Waals surface area contributed by atoms with Crippen molar-refractivity contribution in [3.63, 3.8) is 0 Å². The van der Waals surface area contributed by atoms with E-state index in [1.54, 1.807) is 0 Å². The summed E-state index contributed by atoms with van der Waals surface area (Å²) in [7, 11) is 0. The number of anilines is 1. The molecule has 1 amide bonds. The number of nitrogens with two attached hydrogens (primary N) is 1. The molecule has 0 aliphatic carbocycles. The van der Waals surface area contributed by atoms with Gasteiger partial charge in [0, 0.05) is 12.7 Å². The van der Waals surface area contributed by atoms with E-state index in [1.807, 2.05) is 0 Å². The van der Waals surface area contributed by atoms with Gasteiger partial charge >= 0.3 is 0 Å². The average Bonchev–Trinajstić information content (AvgIpc) is 2.59. The highest BCUT2D eigenvalue weighted by Crippen LogP contribution is 2.09. The van der Waals surface area contributed by atoms with Crippen molar-refractivity contribution >= 4 is 11.7 Å². The van der Waals surface area contributed by atoms with Crippen molar-refractivity contribution in [2.45, 2.75) is 6.04 Å². The van der Waals surface area contributed by atoms with Gasteiger partial charge in [0.25, 0.3) is 0 Å². The second kappa shape index (κ2) is 4.28. The minimum Gasteiger partial charge on any atom is -0.350 e. The second-order valence-electron chi connectivity index (χ2n) is 3.42. The first-order valence-electron chi connectivity index (χ1n) is 4.79. The highest BCUT2D eigenvalue weighted by atomic mass is 19.1. The van der Waals surface area contributed by atoms with Gasteiger partial charge < -0.3 is 16.4 Å². The second-order valence-corrected chi connectivity index (χ2v) is 3.42. The zero-order valence-corrected chi connectivity index (χ0v) is 8.40. The Hall–Kier alpha value is -1.95. The number of nitrogens with one attached hydrogen (secondary N) is 2. The average molecular weight is 222 g/mol. The van der Waals surface area contributed by atoms with Crippen molar-refractivity contribution in [3.8, 4) is 0 Å². The van der Waals surface area contributed by atoms with Crippen LogP contribution in [0.5, 0.6) is 0 Å². The number of carbonyl (C=O) groups is 1. The molecule has 2 rings (SSSR count). The third kappa shape index (κ3) is 2.17. The highest BCUT2D eigenvalue weighted by Gasteiger charge is 2.24. The zero-order chi connectivity index (χ0) is 11.5. The third-order valence-corrected chi connectivity index (χ3v) is 2.25. The van der Waals surface area contributed by atoms with E-state index in [1.165, 1.54) is 18.3 Å². The van der Waals surface area contributed by atoms with E-state index in [0.717, 1.165) is 6.20 Å². The molecule has 1 aliphatic heterocycles. The molecule has 1 atom stereocenters. The molecule has 2 heterocycles. The van der Waals surface area contributed by atoms with E-state index in [2.05, 4.69) is 15.6 Å². The quantitative estimate of drug-likeness (QED) is 0.614. The Labute approximate surface area is 91.5 Å². The molecule has 1 aromatic heterocycles. The van der Waals surface area contributed by atoms with Gasteiger partial charge in [-0.25, -0.2) is 9.37 Å². The normalized spacial score (nSPS) is 22.2. The number of nitrogens with zero attached hydrogens (tertiary/aromatic N) is 1. The van der Waals surface area contributed by atoms with Gasteiger partial charge in [0.15, 0.2) is 0 Å². The van der Waals surface area contributed by atoms with Crippen LogP contribution in [0.2, 0.25) is 0 Å². The van der Waals surface area contributed by atoms with Crippen LogP contribution in [-0.2, 0) is 4.79 Å². The fraction of sp³-hybridized carbons (Fsp3) is 0.200. The first-order chi connectivity index (χ1) is 7.66. The van der Waals surface area contributed by atoms with Crippen LogP contribution >= 0.6 is 0 Å². The SMILES string of the molecule is NC1CNC(=O)/C1=C/Nc1ccc(F)cn1. The Balaban J connectivity index is 2.08. The van der Waals surface area contributed by atoms with Crippen LogP contribution in [0.3, 0.4) is 0 Å². The van der Waals surface area contributed by atoms with Crippen molar-refractivity contribution < 1.29 is 9.18 Å². The van der Waals surface area contributed by atoms with Crippen LogP contribution in [-0.4, -0.2) is 23.5 Å². The fourth-order valence-electron chi connectivity index (χ4n) is 1.37. The molecule has 1 fully saturated rings. The highest BCUT2D eigenvalue weighted by molar-refractivity contribution is 5.97. The lowest BCUT2D eigenvalue weighted by Gasteiger charge is -2.03. The summed E-state index contributed by atoms with van der Waals surface area (Å²) in [5, 5.41) is 5.41. The molecular weight excluding hydrogens is 211 g/mol. The van der Waals surface area contributed by atoms with E-state index in [0.29, 0.717) is 17.9 Å². The van der Waals surface area contributed by atoms with E-state index in [-0.39, 0.29) is 11.9 Å². The predicted molar refractivity (Wildman–Crippen MR) is 56.9 cm³/mol. The lowest BCUT2D eigenvalue weighted by Crippen LogP contribution is -2.24. The Morgan fingerprint density at radius 1 is 1.62 bits per heavy atom. The number of hydrogen-bond acceptors (Lipinski definition) is 4. The maximum Gasteiger partial charge on any atom is 0.250 e. The molecule has 0 saturated carbocycles. The van der Waals surface area contributed by atoms with Gasteiger partial charge in [-0.3, -0.25) is 4.79 Å². The summed E-state index contributed by atoms with van der Waals surface area (Å²) in [6.45, 7) is 0.434. The number of rotatable bonds is 2. The van der Waals surface area contributed by atoms with Crippen molar-refractivity contribution in [1.82, 2.24) is 10.3 Å². The van der Waals surface area contributed by atoms with Crippen LogP contribution < -0.4 is 16.4 Å². The van der Waals surface area contributed by atoms with Crippen LogP contribution in [0, 0.1) is 5.82 Å². The number of aromatic nitrogens is 1. The van der Waals surface area contributed by atoms with Gasteiger partial charge in [-0.2, -0.15) is 0 Å². The number of pyridine rings is 1. The van der Waals surface area contributed by atoms with E-state index >= 15 is 0 Å². The minimum absolute atomic E-state index is 0.192. The first kappa shape index (κ1) is 10.6. The van der Waals surface area contributed by atoms with E-state index < -0.39 is 5.82 Å². The van der Waals surface area contributed by atoms with Gasteiger partial charge in [-0.05, 0) is 12.1 Å². The first-order valence-corrected chi connectivity index (χ1v) is 4.79. The summed E-state index contributed by atoms with van der Waals surface area (Å²) in [5.74, 6) is -0.142.